The van der Waals surface area contributed by atoms with E-state index in [1.807, 2.05) is 36.4 Å². The number of benzene rings is 3. The van der Waals surface area contributed by atoms with E-state index in [1.165, 1.54) is 12.1 Å². The second-order valence-electron chi connectivity index (χ2n) is 5.44. The summed E-state index contributed by atoms with van der Waals surface area (Å²) in [5, 5.41) is 1.82. The number of fused-ring (bicyclic) bond motifs is 2. The number of hydrogen-bond donors (Lipinski definition) is 1. The Morgan fingerprint density at radius 3 is 2.46 bits per heavy atom. The van der Waals surface area contributed by atoms with Crippen LogP contribution in [0.4, 0.5) is 5.69 Å². The Labute approximate surface area is 139 Å². The Hall–Kier alpha value is -2.73. The molecule has 1 heterocycles. The van der Waals surface area contributed by atoms with Gasteiger partial charge in [-0.15, -0.1) is 0 Å². The van der Waals surface area contributed by atoms with Crippen LogP contribution in [0.1, 0.15) is 0 Å². The van der Waals surface area contributed by atoms with Crippen LogP contribution in [0.25, 0.3) is 10.8 Å². The number of rotatable bonds is 3. The first-order valence-corrected chi connectivity index (χ1v) is 9.02. The highest BCUT2D eigenvalue weighted by Gasteiger charge is 2.20. The molecule has 1 aliphatic rings. The third kappa shape index (κ3) is 2.65. The quantitative estimate of drug-likeness (QED) is 0.793. The Balaban J connectivity index is 1.73. The molecule has 0 fully saturated rings. The van der Waals surface area contributed by atoms with Gasteiger partial charge in [0.15, 0.2) is 11.5 Å². The van der Waals surface area contributed by atoms with E-state index >= 15 is 0 Å². The van der Waals surface area contributed by atoms with Crippen molar-refractivity contribution >= 4 is 26.5 Å². The first-order valence-electron chi connectivity index (χ1n) is 7.54. The molecule has 4 rings (SSSR count). The van der Waals surface area contributed by atoms with E-state index in [0.29, 0.717) is 30.4 Å². The first-order chi connectivity index (χ1) is 11.6. The normalized spacial score (nSPS) is 13.7. The summed E-state index contributed by atoms with van der Waals surface area (Å²) < 4.78 is 39.0. The molecule has 122 valence electrons. The number of anilines is 1. The maximum atomic E-state index is 12.7. The largest absolute Gasteiger partial charge is 0.486 e. The molecule has 24 heavy (non-hydrogen) atoms. The molecular weight excluding hydrogens is 326 g/mol. The van der Waals surface area contributed by atoms with Gasteiger partial charge in [-0.1, -0.05) is 36.4 Å². The van der Waals surface area contributed by atoms with Gasteiger partial charge in [-0.25, -0.2) is 8.42 Å². The fourth-order valence-electron chi connectivity index (χ4n) is 2.71. The summed E-state index contributed by atoms with van der Waals surface area (Å²) in [5.74, 6) is 1.01. The van der Waals surface area contributed by atoms with Gasteiger partial charge in [-0.2, -0.15) is 0 Å². The number of nitrogens with one attached hydrogen (secondary N) is 1. The van der Waals surface area contributed by atoms with Gasteiger partial charge >= 0.3 is 0 Å². The van der Waals surface area contributed by atoms with Crippen LogP contribution in [-0.4, -0.2) is 21.6 Å². The van der Waals surface area contributed by atoms with Crippen molar-refractivity contribution in [3.05, 3.63) is 60.7 Å². The molecule has 0 saturated carbocycles. The van der Waals surface area contributed by atoms with Crippen molar-refractivity contribution in [2.24, 2.45) is 0 Å². The lowest BCUT2D eigenvalue weighted by molar-refractivity contribution is 0.171. The van der Waals surface area contributed by atoms with Gasteiger partial charge in [0.1, 0.15) is 13.2 Å². The monoisotopic (exact) mass is 341 g/mol. The van der Waals surface area contributed by atoms with Crippen molar-refractivity contribution in [1.29, 1.82) is 0 Å². The Morgan fingerprint density at radius 2 is 1.58 bits per heavy atom. The molecule has 3 aromatic carbocycles. The van der Waals surface area contributed by atoms with Crippen molar-refractivity contribution in [3.8, 4) is 11.5 Å². The van der Waals surface area contributed by atoms with Gasteiger partial charge in [-0.05, 0) is 23.6 Å². The van der Waals surface area contributed by atoms with Crippen molar-refractivity contribution in [1.82, 2.24) is 0 Å². The smallest absolute Gasteiger partial charge is 0.262 e. The molecule has 5 nitrogen and oxygen atoms in total. The zero-order valence-corrected chi connectivity index (χ0v) is 13.5. The third-order valence-corrected chi connectivity index (χ3v) is 5.22. The maximum absolute atomic E-state index is 12.7. The van der Waals surface area contributed by atoms with Crippen LogP contribution in [0.3, 0.4) is 0 Å². The predicted octanol–water partition coefficient (Wildman–Crippen LogP) is 3.41. The molecule has 0 spiro atoms. The molecule has 1 N–H and O–H groups in total. The zero-order chi connectivity index (χ0) is 16.6. The van der Waals surface area contributed by atoms with Crippen molar-refractivity contribution in [2.75, 3.05) is 17.9 Å². The fraction of sp³-hybridized carbons (Fsp3) is 0.111. The molecular formula is C18H15NO4S. The van der Waals surface area contributed by atoms with Gasteiger partial charge in [0.2, 0.25) is 0 Å². The van der Waals surface area contributed by atoms with Crippen LogP contribution >= 0.6 is 0 Å². The summed E-state index contributed by atoms with van der Waals surface area (Å²) in [7, 11) is -3.72. The number of hydrogen-bond acceptors (Lipinski definition) is 4. The number of sulfonamides is 1. The average Bonchev–Trinajstić information content (AvgIpc) is 2.61. The average molecular weight is 341 g/mol. The van der Waals surface area contributed by atoms with E-state index in [2.05, 4.69) is 4.72 Å². The highest BCUT2D eigenvalue weighted by Crippen LogP contribution is 2.33. The minimum Gasteiger partial charge on any atom is -0.486 e. The summed E-state index contributed by atoms with van der Waals surface area (Å²) in [6.07, 6.45) is 0. The zero-order valence-electron chi connectivity index (χ0n) is 12.7. The second kappa shape index (κ2) is 5.72. The van der Waals surface area contributed by atoms with E-state index in [1.54, 1.807) is 12.1 Å². The number of ether oxygens (including phenoxy) is 2. The molecule has 0 bridgehead atoms. The van der Waals surface area contributed by atoms with E-state index < -0.39 is 10.0 Å². The van der Waals surface area contributed by atoms with E-state index in [4.69, 9.17) is 9.47 Å². The summed E-state index contributed by atoms with van der Waals surface area (Å²) >= 11 is 0. The van der Waals surface area contributed by atoms with Crippen LogP contribution in [0.2, 0.25) is 0 Å². The van der Waals surface area contributed by atoms with E-state index in [0.717, 1.165) is 10.8 Å². The van der Waals surface area contributed by atoms with E-state index in [-0.39, 0.29) is 4.90 Å². The molecule has 0 radical (unpaired) electrons. The van der Waals surface area contributed by atoms with Crippen molar-refractivity contribution in [2.45, 2.75) is 4.90 Å². The first kappa shape index (κ1) is 14.8. The highest BCUT2D eigenvalue weighted by molar-refractivity contribution is 7.92. The summed E-state index contributed by atoms with van der Waals surface area (Å²) in [4.78, 5) is 0.139. The molecule has 0 aliphatic carbocycles. The topological polar surface area (TPSA) is 64.6 Å². The minimum absolute atomic E-state index is 0.139. The van der Waals surface area contributed by atoms with Crippen molar-refractivity contribution in [3.63, 3.8) is 0 Å². The summed E-state index contributed by atoms with van der Waals surface area (Å²) in [6, 6.07) is 17.8. The summed E-state index contributed by atoms with van der Waals surface area (Å²) in [5.41, 5.74) is 0.544. The molecule has 6 heteroatoms. The van der Waals surface area contributed by atoms with Crippen LogP contribution in [0, 0.1) is 0 Å². The van der Waals surface area contributed by atoms with Crippen LogP contribution in [0.15, 0.2) is 65.6 Å². The third-order valence-electron chi connectivity index (χ3n) is 3.86. The molecule has 0 saturated heterocycles. The Morgan fingerprint density at radius 1 is 0.833 bits per heavy atom. The van der Waals surface area contributed by atoms with Crippen molar-refractivity contribution < 1.29 is 17.9 Å². The predicted molar refractivity (Wildman–Crippen MR) is 92.2 cm³/mol. The van der Waals surface area contributed by atoms with E-state index in [9.17, 15) is 8.42 Å². The lowest BCUT2D eigenvalue weighted by Gasteiger charge is -2.19. The van der Waals surface area contributed by atoms with Crippen LogP contribution in [-0.2, 0) is 10.0 Å². The lowest BCUT2D eigenvalue weighted by Crippen LogP contribution is -2.17. The molecule has 0 amide bonds. The standard InChI is InChI=1S/C18H15NO4S/c20-24(21,14-8-9-17-18(12-14)23-11-10-22-17)19-16-7-3-5-13-4-1-2-6-15(13)16/h1-9,12,19H,10-11H2. The molecule has 3 aromatic rings. The van der Waals surface area contributed by atoms with Gasteiger partial charge in [0.05, 0.1) is 10.6 Å². The summed E-state index contributed by atoms with van der Waals surface area (Å²) in [6.45, 7) is 0.876. The SMILES string of the molecule is O=S(=O)(Nc1cccc2ccccc12)c1ccc2c(c1)OCCO2. The Bertz CT molecular complexity index is 1010. The van der Waals surface area contributed by atoms with Gasteiger partial charge in [0.25, 0.3) is 10.0 Å². The maximum Gasteiger partial charge on any atom is 0.262 e. The molecule has 0 atom stereocenters. The highest BCUT2D eigenvalue weighted by atomic mass is 32.2. The molecule has 0 aromatic heterocycles. The van der Waals surface area contributed by atoms with Crippen LogP contribution < -0.4 is 14.2 Å². The van der Waals surface area contributed by atoms with Gasteiger partial charge in [0, 0.05) is 11.5 Å². The molecule has 1 aliphatic heterocycles. The lowest BCUT2D eigenvalue weighted by atomic mass is 10.1. The van der Waals surface area contributed by atoms with Gasteiger partial charge in [-0.3, -0.25) is 4.72 Å². The minimum atomic E-state index is -3.72. The fourth-order valence-corrected chi connectivity index (χ4v) is 3.80. The molecule has 0 unspecified atom stereocenters. The van der Waals surface area contributed by atoms with Gasteiger partial charge < -0.3 is 9.47 Å². The van der Waals surface area contributed by atoms with Crippen LogP contribution in [0.5, 0.6) is 11.5 Å². The Kier molecular flexibility index (Phi) is 3.54. The second-order valence-corrected chi connectivity index (χ2v) is 7.12.